The Morgan fingerprint density at radius 3 is 2.67 bits per heavy atom. The first kappa shape index (κ1) is 19.3. The summed E-state index contributed by atoms with van der Waals surface area (Å²) in [4.78, 5) is 25.7. The molecule has 0 spiro atoms. The number of carbonyl (C=O) groups is 1. The Hall–Kier alpha value is -2.46. The summed E-state index contributed by atoms with van der Waals surface area (Å²) in [5, 5.41) is 10.2. The average Bonchev–Trinajstić information content (AvgIpc) is 2.64. The van der Waals surface area contributed by atoms with Crippen LogP contribution in [-0.2, 0) is 11.3 Å². The molecule has 146 valence electrons. The third-order valence-electron chi connectivity index (χ3n) is 4.52. The number of piperazine rings is 1. The van der Waals surface area contributed by atoms with Crippen molar-refractivity contribution in [1.82, 2.24) is 25.3 Å². The molecular formula is C17H20F3N5O2. The fourth-order valence-corrected chi connectivity index (χ4v) is 3.09. The molecule has 1 aromatic carbocycles. The lowest BCUT2D eigenvalue weighted by atomic mass is 10.2. The second-order valence-corrected chi connectivity index (χ2v) is 6.34. The number of hydrogen-bond donors (Lipinski definition) is 2. The van der Waals surface area contributed by atoms with Gasteiger partial charge in [-0.05, 0) is 6.07 Å². The van der Waals surface area contributed by atoms with E-state index in [2.05, 4.69) is 15.7 Å². The van der Waals surface area contributed by atoms with Crippen LogP contribution in [0.4, 0.5) is 13.2 Å². The van der Waals surface area contributed by atoms with Gasteiger partial charge in [-0.1, -0.05) is 18.2 Å². The Labute approximate surface area is 153 Å². The third kappa shape index (κ3) is 4.64. The predicted octanol–water partition coefficient (Wildman–Crippen LogP) is 0.349. The Morgan fingerprint density at radius 2 is 1.96 bits per heavy atom. The number of alkyl halides is 3. The minimum atomic E-state index is -4.46. The molecule has 0 bridgehead atoms. The molecule has 2 heterocycles. The summed E-state index contributed by atoms with van der Waals surface area (Å²) in [5.41, 5.74) is -0.460. The number of halogens is 3. The van der Waals surface area contributed by atoms with Gasteiger partial charge in [-0.2, -0.15) is 18.3 Å². The van der Waals surface area contributed by atoms with Gasteiger partial charge in [0, 0.05) is 38.1 Å². The normalized spacial score (nSPS) is 17.0. The zero-order valence-electron chi connectivity index (χ0n) is 14.5. The van der Waals surface area contributed by atoms with Gasteiger partial charge in [0.05, 0.1) is 11.6 Å². The molecule has 1 aromatic heterocycles. The summed E-state index contributed by atoms with van der Waals surface area (Å²) < 4.78 is 41.0. The molecule has 10 heteroatoms. The summed E-state index contributed by atoms with van der Waals surface area (Å²) in [7, 11) is 0. The van der Waals surface area contributed by atoms with Crippen molar-refractivity contribution in [3.8, 4) is 0 Å². The highest BCUT2D eigenvalue weighted by molar-refractivity contribution is 5.81. The van der Waals surface area contributed by atoms with E-state index in [0.29, 0.717) is 23.9 Å². The molecule has 1 fully saturated rings. The predicted molar refractivity (Wildman–Crippen MR) is 93.3 cm³/mol. The first-order valence-electron chi connectivity index (χ1n) is 8.59. The van der Waals surface area contributed by atoms with Crippen molar-refractivity contribution in [1.29, 1.82) is 0 Å². The van der Waals surface area contributed by atoms with Crippen molar-refractivity contribution in [3.05, 3.63) is 40.8 Å². The van der Waals surface area contributed by atoms with E-state index in [4.69, 9.17) is 0 Å². The molecule has 1 aliphatic rings. The fraction of sp³-hybridized carbons (Fsp3) is 0.471. The van der Waals surface area contributed by atoms with Crippen LogP contribution in [-0.4, -0.2) is 65.5 Å². The van der Waals surface area contributed by atoms with Gasteiger partial charge in [0.1, 0.15) is 12.6 Å². The van der Waals surface area contributed by atoms with Crippen LogP contribution in [0.3, 0.4) is 0 Å². The second-order valence-electron chi connectivity index (χ2n) is 6.34. The van der Waals surface area contributed by atoms with Gasteiger partial charge in [-0.15, -0.1) is 0 Å². The average molecular weight is 383 g/mol. The maximum absolute atomic E-state index is 13.3. The third-order valence-corrected chi connectivity index (χ3v) is 4.52. The Bertz CT molecular complexity index is 862. The van der Waals surface area contributed by atoms with Gasteiger partial charge < -0.3 is 10.6 Å². The minimum Gasteiger partial charge on any atom is -0.353 e. The van der Waals surface area contributed by atoms with E-state index in [-0.39, 0.29) is 13.1 Å². The molecule has 7 nitrogen and oxygen atoms in total. The molecule has 1 aliphatic heterocycles. The summed E-state index contributed by atoms with van der Waals surface area (Å²) in [5.74, 6) is -0.690. The van der Waals surface area contributed by atoms with E-state index >= 15 is 0 Å². The Balaban J connectivity index is 1.66. The summed E-state index contributed by atoms with van der Waals surface area (Å²) in [6.07, 6.45) is -3.01. The number of amides is 1. The molecule has 1 atom stereocenters. The van der Waals surface area contributed by atoms with Crippen molar-refractivity contribution >= 4 is 16.7 Å². The van der Waals surface area contributed by atoms with Gasteiger partial charge in [0.25, 0.3) is 5.56 Å². The number of benzene rings is 1. The number of hydrogen-bond acceptors (Lipinski definition) is 5. The number of fused-ring (bicyclic) bond motifs is 1. The van der Waals surface area contributed by atoms with Crippen LogP contribution in [0.15, 0.2) is 35.3 Å². The van der Waals surface area contributed by atoms with E-state index in [0.717, 1.165) is 4.68 Å². The number of carbonyl (C=O) groups excluding carboxylic acids is 1. The zero-order chi connectivity index (χ0) is 19.4. The van der Waals surface area contributed by atoms with Crippen LogP contribution in [0, 0.1) is 0 Å². The van der Waals surface area contributed by atoms with Gasteiger partial charge in [0.15, 0.2) is 0 Å². The van der Waals surface area contributed by atoms with Crippen molar-refractivity contribution in [3.63, 3.8) is 0 Å². The number of rotatable bonds is 5. The second kappa shape index (κ2) is 8.05. The fourth-order valence-electron chi connectivity index (χ4n) is 3.09. The van der Waals surface area contributed by atoms with E-state index in [1.807, 2.05) is 0 Å². The van der Waals surface area contributed by atoms with Gasteiger partial charge in [0.2, 0.25) is 5.91 Å². The number of nitrogens with zero attached hydrogens (tertiary/aromatic N) is 3. The highest BCUT2D eigenvalue weighted by atomic mass is 19.4. The molecule has 2 N–H and O–H groups in total. The van der Waals surface area contributed by atoms with Crippen molar-refractivity contribution in [2.75, 3.05) is 32.7 Å². The number of nitrogens with one attached hydrogen (secondary N) is 2. The van der Waals surface area contributed by atoms with Crippen LogP contribution in [0.1, 0.15) is 0 Å². The molecule has 2 aromatic rings. The molecule has 3 rings (SSSR count). The topological polar surface area (TPSA) is 79.3 Å². The standard InChI is InChI=1S/C17H20F3N5O2/c18-17(19,20)14(24-7-5-21-6-8-24)10-22-15(26)11-25-16(27)13-4-2-1-3-12(13)9-23-25/h1-4,9,14,21H,5-8,10-11H2,(H,22,26). The largest absolute Gasteiger partial charge is 0.405 e. The Morgan fingerprint density at radius 1 is 1.26 bits per heavy atom. The molecule has 0 aliphatic carbocycles. The van der Waals surface area contributed by atoms with Crippen LogP contribution in [0.25, 0.3) is 10.8 Å². The van der Waals surface area contributed by atoms with E-state index < -0.39 is 36.8 Å². The molecule has 0 radical (unpaired) electrons. The van der Waals surface area contributed by atoms with Crippen LogP contribution >= 0.6 is 0 Å². The molecular weight excluding hydrogens is 363 g/mol. The number of aromatic nitrogens is 2. The van der Waals surface area contributed by atoms with Crippen molar-refractivity contribution in [2.24, 2.45) is 0 Å². The molecule has 27 heavy (non-hydrogen) atoms. The monoisotopic (exact) mass is 383 g/mol. The Kier molecular flexibility index (Phi) is 5.76. The van der Waals surface area contributed by atoms with E-state index in [1.165, 1.54) is 11.1 Å². The van der Waals surface area contributed by atoms with Crippen molar-refractivity contribution < 1.29 is 18.0 Å². The first-order chi connectivity index (χ1) is 12.9. The van der Waals surface area contributed by atoms with Gasteiger partial charge in [-0.3, -0.25) is 14.5 Å². The lowest BCUT2D eigenvalue weighted by Gasteiger charge is -2.35. The first-order valence-corrected chi connectivity index (χ1v) is 8.59. The summed E-state index contributed by atoms with van der Waals surface area (Å²) in [6, 6.07) is 5.02. The zero-order valence-corrected chi connectivity index (χ0v) is 14.5. The molecule has 1 unspecified atom stereocenters. The lowest BCUT2D eigenvalue weighted by Crippen LogP contribution is -2.57. The summed E-state index contributed by atoms with van der Waals surface area (Å²) >= 11 is 0. The maximum Gasteiger partial charge on any atom is 0.405 e. The lowest BCUT2D eigenvalue weighted by molar-refractivity contribution is -0.184. The van der Waals surface area contributed by atoms with E-state index in [9.17, 15) is 22.8 Å². The van der Waals surface area contributed by atoms with Crippen molar-refractivity contribution in [2.45, 2.75) is 18.8 Å². The quantitative estimate of drug-likeness (QED) is 0.779. The highest BCUT2D eigenvalue weighted by Gasteiger charge is 2.43. The maximum atomic E-state index is 13.3. The van der Waals surface area contributed by atoms with Crippen LogP contribution in [0.2, 0.25) is 0 Å². The minimum absolute atomic E-state index is 0.256. The van der Waals surface area contributed by atoms with E-state index in [1.54, 1.807) is 24.3 Å². The molecule has 1 amide bonds. The van der Waals surface area contributed by atoms with Crippen LogP contribution < -0.4 is 16.2 Å². The van der Waals surface area contributed by atoms with Gasteiger partial charge >= 0.3 is 6.18 Å². The highest BCUT2D eigenvalue weighted by Crippen LogP contribution is 2.24. The molecule has 0 saturated carbocycles. The van der Waals surface area contributed by atoms with Gasteiger partial charge in [-0.25, -0.2) is 4.68 Å². The van der Waals surface area contributed by atoms with Crippen LogP contribution in [0.5, 0.6) is 0 Å². The SMILES string of the molecule is O=C(Cn1ncc2ccccc2c1=O)NCC(N1CCNCC1)C(F)(F)F. The molecule has 1 saturated heterocycles. The summed E-state index contributed by atoms with van der Waals surface area (Å²) in [6.45, 7) is 0.450. The smallest absolute Gasteiger partial charge is 0.353 e.